The molecule has 19 aromatic carbocycles. The number of benzene rings is 19. The third-order valence-corrected chi connectivity index (χ3v) is 24.0. The lowest BCUT2D eigenvalue weighted by Gasteiger charge is -2.46. The highest BCUT2D eigenvalue weighted by Crippen LogP contribution is 2.57. The van der Waals surface area contributed by atoms with Crippen LogP contribution in [0, 0.1) is 0 Å². The molecule has 1 aromatic heterocycles. The van der Waals surface area contributed by atoms with Gasteiger partial charge in [0.2, 0.25) is 0 Å². The van der Waals surface area contributed by atoms with Crippen molar-refractivity contribution in [3.05, 3.63) is 400 Å². The highest BCUT2D eigenvalue weighted by molar-refractivity contribution is 7.00. The fourth-order valence-electron chi connectivity index (χ4n) is 18.9. The summed E-state index contributed by atoms with van der Waals surface area (Å²) in [6, 6.07) is 149. The number of anilines is 6. The quantitative estimate of drug-likeness (QED) is 0.0726. The van der Waals surface area contributed by atoms with Crippen LogP contribution in [0.25, 0.3) is 160 Å². The van der Waals surface area contributed by atoms with E-state index in [9.17, 15) is 0 Å². The van der Waals surface area contributed by atoms with Crippen molar-refractivity contribution in [2.45, 2.75) is 26.2 Å². The molecule has 4 heteroatoms. The molecule has 0 fully saturated rings. The van der Waals surface area contributed by atoms with E-state index >= 15 is 0 Å². The minimum absolute atomic E-state index is 0.0791. The standard InChI is InChI=1S/C108H74BN3/c1-108(2,3)81-54-51-71(52-55-81)80-66-101-105-102(67-80)112(107-93(74-37-18-8-19-38-74)63-79(70-31-12-5-13-32-70)64-94(107)75-39-20-9-21-40-75)100-68-82(110-97-49-24-22-43-84(97)85-44-23-25-50-98(85)110)56-60-96(100)109(105)95-59-53-77(83-57-58-90-88-46-27-42-76-41-26-45-87(103(76)88)89-48-28-47-86(83)104(89)90)65-99(95)111(101)106-91(72-33-14-6-15-34-72)61-78(69-29-10-4-11-30-69)62-92(106)73-35-16-7-17-36-73/h4-68H,1-3H3. The van der Waals surface area contributed by atoms with Gasteiger partial charge in [0.15, 0.2) is 0 Å². The minimum atomic E-state index is -0.290. The van der Waals surface area contributed by atoms with Gasteiger partial charge in [-0.15, -0.1) is 0 Å². The third-order valence-electron chi connectivity index (χ3n) is 24.0. The molecule has 112 heavy (non-hydrogen) atoms. The second kappa shape index (κ2) is 25.8. The van der Waals surface area contributed by atoms with E-state index in [0.717, 1.165) is 134 Å². The van der Waals surface area contributed by atoms with Crippen LogP contribution >= 0.6 is 0 Å². The van der Waals surface area contributed by atoms with Crippen molar-refractivity contribution in [3.63, 3.8) is 0 Å². The minimum Gasteiger partial charge on any atom is -0.310 e. The zero-order chi connectivity index (χ0) is 74.3. The molecule has 0 saturated heterocycles. The molecule has 3 nitrogen and oxygen atoms in total. The lowest BCUT2D eigenvalue weighted by atomic mass is 9.33. The molecule has 0 amide bonds. The molecular weight excluding hydrogens is 1350 g/mol. The van der Waals surface area contributed by atoms with Gasteiger partial charge in [-0.3, -0.25) is 0 Å². The van der Waals surface area contributed by atoms with Crippen molar-refractivity contribution in [2.24, 2.45) is 0 Å². The Morgan fingerprint density at radius 3 is 1.06 bits per heavy atom. The maximum absolute atomic E-state index is 2.73. The Balaban J connectivity index is 0.920. The molecule has 0 bridgehead atoms. The van der Waals surface area contributed by atoms with Crippen LogP contribution in [-0.2, 0) is 5.41 Å². The largest absolute Gasteiger partial charge is 0.310 e. The lowest BCUT2D eigenvalue weighted by Crippen LogP contribution is -2.61. The van der Waals surface area contributed by atoms with Gasteiger partial charge in [0, 0.05) is 61.5 Å². The first-order valence-corrected chi connectivity index (χ1v) is 39.2. The van der Waals surface area contributed by atoms with E-state index in [2.05, 4.69) is 429 Å². The fraction of sp³-hybridized carbons (Fsp3) is 0.0370. The topological polar surface area (TPSA) is 11.4 Å². The maximum Gasteiger partial charge on any atom is 0.252 e. The molecule has 0 radical (unpaired) electrons. The summed E-state index contributed by atoms with van der Waals surface area (Å²) in [7, 11) is 0. The van der Waals surface area contributed by atoms with Gasteiger partial charge in [0.1, 0.15) is 0 Å². The predicted molar refractivity (Wildman–Crippen MR) is 478 cm³/mol. The lowest BCUT2D eigenvalue weighted by molar-refractivity contribution is 0.590. The predicted octanol–water partition coefficient (Wildman–Crippen LogP) is 27.6. The number of fused-ring (bicyclic) bond motifs is 9. The molecule has 524 valence electrons. The average Bonchev–Trinajstić information content (AvgIpc) is 0.727. The van der Waals surface area contributed by atoms with Crippen LogP contribution in [0.15, 0.2) is 394 Å². The summed E-state index contributed by atoms with van der Waals surface area (Å²) in [6.45, 7) is 6.66. The number of aromatic nitrogens is 1. The maximum atomic E-state index is 2.73. The Morgan fingerprint density at radius 2 is 0.589 bits per heavy atom. The smallest absolute Gasteiger partial charge is 0.252 e. The van der Waals surface area contributed by atoms with E-state index in [0.29, 0.717) is 0 Å². The Kier molecular flexibility index (Phi) is 15.0. The first-order chi connectivity index (χ1) is 55.2. The van der Waals surface area contributed by atoms with Crippen molar-refractivity contribution >= 4 is 122 Å². The molecule has 0 saturated carbocycles. The van der Waals surface area contributed by atoms with Crippen LogP contribution in [0.4, 0.5) is 34.1 Å². The van der Waals surface area contributed by atoms with Gasteiger partial charge in [-0.05, 0) is 204 Å². The van der Waals surface area contributed by atoms with Crippen LogP contribution in [0.2, 0.25) is 0 Å². The summed E-state index contributed by atoms with van der Waals surface area (Å²) < 4.78 is 2.50. The molecule has 3 heterocycles. The Labute approximate surface area is 652 Å². The van der Waals surface area contributed by atoms with Crippen LogP contribution in [-0.4, -0.2) is 11.3 Å². The number of rotatable bonds is 11. The summed E-state index contributed by atoms with van der Waals surface area (Å²) in [6.07, 6.45) is 0. The highest BCUT2D eigenvalue weighted by Gasteiger charge is 2.46. The SMILES string of the molecule is CC(C)(C)c1ccc(-c2cc3c4c(c2)N(c2c(-c5ccccc5)cc(-c5ccccc5)cc2-c2ccccc2)c2cc(-n5c6ccccc6c6ccccc65)ccc2B4c2ccc(-c4ccc5c6cccc7cccc(c8cccc4c85)c76)cc2N3c2c(-c3ccccc3)cc(-c3ccccc3)cc2-c2ccccc2)cc1. The zero-order valence-corrected chi connectivity index (χ0v) is 62.4. The van der Waals surface area contributed by atoms with Gasteiger partial charge in [-0.25, -0.2) is 0 Å². The van der Waals surface area contributed by atoms with E-state index in [1.807, 2.05) is 0 Å². The molecule has 0 unspecified atom stereocenters. The number of hydrogen-bond donors (Lipinski definition) is 0. The van der Waals surface area contributed by atoms with Crippen molar-refractivity contribution in [2.75, 3.05) is 9.80 Å². The summed E-state index contributed by atoms with van der Waals surface area (Å²) >= 11 is 0. The summed E-state index contributed by atoms with van der Waals surface area (Å²) in [5.74, 6) is 0. The molecule has 20 aromatic rings. The third kappa shape index (κ3) is 10.4. The molecule has 0 aliphatic carbocycles. The second-order valence-corrected chi connectivity index (χ2v) is 31.4. The molecule has 2 aliphatic rings. The summed E-state index contributed by atoms with van der Waals surface area (Å²) in [5, 5.41) is 12.6. The van der Waals surface area contributed by atoms with E-state index in [1.54, 1.807) is 0 Å². The van der Waals surface area contributed by atoms with Crippen molar-refractivity contribution < 1.29 is 0 Å². The van der Waals surface area contributed by atoms with Gasteiger partial charge < -0.3 is 14.4 Å². The summed E-state index contributed by atoms with van der Waals surface area (Å²) in [5.41, 5.74) is 33.0. The van der Waals surface area contributed by atoms with Crippen molar-refractivity contribution in [3.8, 4) is 94.7 Å². The molecule has 0 N–H and O–H groups in total. The van der Waals surface area contributed by atoms with Gasteiger partial charge in [-0.1, -0.05) is 348 Å². The Morgan fingerprint density at radius 1 is 0.232 bits per heavy atom. The number of para-hydroxylation sites is 2. The zero-order valence-electron chi connectivity index (χ0n) is 62.4. The van der Waals surface area contributed by atoms with E-state index in [1.165, 1.54) is 81.4 Å². The molecular formula is C108H74BN3. The van der Waals surface area contributed by atoms with Crippen LogP contribution in [0.5, 0.6) is 0 Å². The molecule has 2 aliphatic heterocycles. The molecule has 0 spiro atoms. The van der Waals surface area contributed by atoms with Gasteiger partial charge >= 0.3 is 0 Å². The van der Waals surface area contributed by atoms with Gasteiger partial charge in [0.05, 0.1) is 22.4 Å². The van der Waals surface area contributed by atoms with E-state index < -0.39 is 0 Å². The van der Waals surface area contributed by atoms with Crippen LogP contribution in [0.1, 0.15) is 26.3 Å². The van der Waals surface area contributed by atoms with Crippen LogP contribution in [0.3, 0.4) is 0 Å². The average molecular weight is 1420 g/mol. The number of nitrogens with zero attached hydrogens (tertiary/aromatic N) is 3. The van der Waals surface area contributed by atoms with Crippen molar-refractivity contribution in [1.29, 1.82) is 0 Å². The first kappa shape index (κ1) is 65.1. The molecule has 0 atom stereocenters. The van der Waals surface area contributed by atoms with Crippen LogP contribution < -0.4 is 26.2 Å². The first-order valence-electron chi connectivity index (χ1n) is 39.2. The van der Waals surface area contributed by atoms with Gasteiger partial charge in [-0.2, -0.15) is 0 Å². The second-order valence-electron chi connectivity index (χ2n) is 31.4. The Hall–Kier alpha value is -14.1. The summed E-state index contributed by atoms with van der Waals surface area (Å²) in [4.78, 5) is 5.45. The van der Waals surface area contributed by atoms with Gasteiger partial charge in [0.25, 0.3) is 6.71 Å². The fourth-order valence-corrected chi connectivity index (χ4v) is 18.9. The monoisotopic (exact) mass is 1420 g/mol. The molecule has 22 rings (SSSR count). The number of hydrogen-bond acceptors (Lipinski definition) is 2. The van der Waals surface area contributed by atoms with Crippen molar-refractivity contribution in [1.82, 2.24) is 4.57 Å². The normalized spacial score (nSPS) is 12.5. The van der Waals surface area contributed by atoms with E-state index in [4.69, 9.17) is 0 Å². The van der Waals surface area contributed by atoms with E-state index in [-0.39, 0.29) is 12.1 Å². The Bertz CT molecular complexity index is 6900. The highest BCUT2D eigenvalue weighted by atomic mass is 15.2.